The zero-order valence-corrected chi connectivity index (χ0v) is 18.2. The number of ketones is 1. The van der Waals surface area contributed by atoms with Gasteiger partial charge >= 0.3 is 0 Å². The molecule has 1 N–H and O–H groups in total. The maximum atomic E-state index is 13.4. The van der Waals surface area contributed by atoms with Gasteiger partial charge in [-0.05, 0) is 42.3 Å². The lowest BCUT2D eigenvalue weighted by Crippen LogP contribution is -2.41. The number of para-hydroxylation sites is 1. The molecule has 5 rings (SSSR count). The lowest BCUT2D eigenvalue weighted by atomic mass is 9.89. The number of hydrogen-bond acceptors (Lipinski definition) is 5. The highest BCUT2D eigenvalue weighted by atomic mass is 16.7. The van der Waals surface area contributed by atoms with Gasteiger partial charge in [-0.15, -0.1) is 0 Å². The summed E-state index contributed by atoms with van der Waals surface area (Å²) in [5.74, 6) is 0.439. The molecule has 0 bridgehead atoms. The van der Waals surface area contributed by atoms with Crippen LogP contribution in [0.3, 0.4) is 0 Å². The topological polar surface area (TPSA) is 76.1 Å². The maximum Gasteiger partial charge on any atom is 0.264 e. The molecule has 2 aliphatic heterocycles. The number of carbonyl (C=O) groups excluding carboxylic acids is 2. The zero-order valence-electron chi connectivity index (χ0n) is 18.2. The van der Waals surface area contributed by atoms with Gasteiger partial charge in [0.25, 0.3) is 5.91 Å². The Morgan fingerprint density at radius 3 is 2.64 bits per heavy atom. The van der Waals surface area contributed by atoms with Crippen molar-refractivity contribution in [3.05, 3.63) is 95.1 Å². The predicted octanol–water partition coefficient (Wildman–Crippen LogP) is 4.13. The summed E-state index contributed by atoms with van der Waals surface area (Å²) in [5.41, 5.74) is 2.01. The van der Waals surface area contributed by atoms with Crippen LogP contribution in [-0.2, 0) is 21.7 Å². The molecular weight excluding hydrogens is 418 g/mol. The van der Waals surface area contributed by atoms with Crippen LogP contribution >= 0.6 is 0 Å². The van der Waals surface area contributed by atoms with Gasteiger partial charge in [0.1, 0.15) is 0 Å². The lowest BCUT2D eigenvalue weighted by Gasteiger charge is -2.22. The van der Waals surface area contributed by atoms with E-state index < -0.39 is 11.5 Å². The smallest absolute Gasteiger partial charge is 0.264 e. The number of aliphatic hydroxyl groups is 1. The van der Waals surface area contributed by atoms with Gasteiger partial charge in [-0.3, -0.25) is 9.59 Å². The Bertz CT molecular complexity index is 1260. The monoisotopic (exact) mass is 441 g/mol. The first-order chi connectivity index (χ1) is 15.9. The highest BCUT2D eigenvalue weighted by Crippen LogP contribution is 2.43. The van der Waals surface area contributed by atoms with Crippen molar-refractivity contribution in [2.75, 3.05) is 11.7 Å². The Hall–Kier alpha value is -3.90. The van der Waals surface area contributed by atoms with E-state index in [1.807, 2.05) is 43.3 Å². The Morgan fingerprint density at radius 2 is 1.82 bits per heavy atom. The van der Waals surface area contributed by atoms with E-state index in [9.17, 15) is 14.7 Å². The maximum absolute atomic E-state index is 13.4. The van der Waals surface area contributed by atoms with Gasteiger partial charge in [0.05, 0.1) is 18.7 Å². The van der Waals surface area contributed by atoms with Gasteiger partial charge < -0.3 is 19.5 Å². The Kier molecular flexibility index (Phi) is 5.23. The molecule has 0 fully saturated rings. The number of aryl methyl sites for hydroxylation is 1. The summed E-state index contributed by atoms with van der Waals surface area (Å²) >= 11 is 0. The number of fused-ring (bicyclic) bond motifs is 2. The summed E-state index contributed by atoms with van der Waals surface area (Å²) < 4.78 is 10.7. The minimum atomic E-state index is -1.91. The molecule has 33 heavy (non-hydrogen) atoms. The standard InChI is InChI=1S/C27H23NO5/c1-18-6-8-20(9-7-18)16-28-23-5-3-2-4-22(23)27(31,26(28)30)15-21(29)12-10-19-11-13-24-25(14-19)33-17-32-24/h2-14,31H,15-17H2,1H3. The van der Waals surface area contributed by atoms with E-state index in [0.29, 0.717) is 29.3 Å². The molecule has 0 radical (unpaired) electrons. The normalized spacial score (nSPS) is 18.7. The van der Waals surface area contributed by atoms with E-state index >= 15 is 0 Å². The van der Waals surface area contributed by atoms with Crippen molar-refractivity contribution < 1.29 is 24.2 Å². The second kappa shape index (κ2) is 8.22. The number of hydrogen-bond donors (Lipinski definition) is 1. The van der Waals surface area contributed by atoms with Crippen molar-refractivity contribution in [2.24, 2.45) is 0 Å². The van der Waals surface area contributed by atoms with Gasteiger partial charge in [-0.2, -0.15) is 0 Å². The number of carbonyl (C=O) groups is 2. The lowest BCUT2D eigenvalue weighted by molar-refractivity contribution is -0.140. The molecule has 6 nitrogen and oxygen atoms in total. The van der Waals surface area contributed by atoms with Gasteiger partial charge in [-0.1, -0.05) is 60.2 Å². The van der Waals surface area contributed by atoms with Crippen LogP contribution in [0.25, 0.3) is 6.08 Å². The van der Waals surface area contributed by atoms with E-state index in [2.05, 4.69) is 0 Å². The number of ether oxygens (including phenoxy) is 2. The molecule has 0 aliphatic carbocycles. The third-order valence-electron chi connectivity index (χ3n) is 5.99. The number of nitrogens with zero attached hydrogens (tertiary/aromatic N) is 1. The van der Waals surface area contributed by atoms with Crippen molar-refractivity contribution >= 4 is 23.5 Å². The van der Waals surface area contributed by atoms with Crippen LogP contribution in [0.15, 0.2) is 72.8 Å². The third-order valence-corrected chi connectivity index (χ3v) is 5.99. The average Bonchev–Trinajstić information content (AvgIpc) is 3.36. The molecule has 6 heteroatoms. The number of anilines is 1. The molecule has 3 aromatic rings. The van der Waals surface area contributed by atoms with Crippen LogP contribution in [0.4, 0.5) is 5.69 Å². The number of rotatable bonds is 6. The molecule has 0 spiro atoms. The zero-order chi connectivity index (χ0) is 23.0. The predicted molar refractivity (Wildman–Crippen MR) is 124 cm³/mol. The number of allylic oxidation sites excluding steroid dienone is 1. The minimum Gasteiger partial charge on any atom is -0.454 e. The van der Waals surface area contributed by atoms with Crippen LogP contribution in [-0.4, -0.2) is 23.6 Å². The molecule has 1 unspecified atom stereocenters. The highest BCUT2D eigenvalue weighted by molar-refractivity contribution is 6.10. The van der Waals surface area contributed by atoms with Gasteiger partial charge in [0.2, 0.25) is 6.79 Å². The minimum absolute atomic E-state index is 0.176. The van der Waals surface area contributed by atoms with Crippen LogP contribution in [0.5, 0.6) is 11.5 Å². The number of benzene rings is 3. The fourth-order valence-electron chi connectivity index (χ4n) is 4.23. The van der Waals surface area contributed by atoms with Gasteiger partial charge in [-0.25, -0.2) is 0 Å². The second-order valence-corrected chi connectivity index (χ2v) is 8.34. The molecule has 1 amide bonds. The Morgan fingerprint density at radius 1 is 1.06 bits per heavy atom. The van der Waals surface area contributed by atoms with Crippen molar-refractivity contribution in [1.82, 2.24) is 0 Å². The van der Waals surface area contributed by atoms with E-state index in [0.717, 1.165) is 16.7 Å². The van der Waals surface area contributed by atoms with Crippen LogP contribution in [0.1, 0.15) is 28.7 Å². The quantitative estimate of drug-likeness (QED) is 0.582. The SMILES string of the molecule is Cc1ccc(CN2C(=O)C(O)(CC(=O)C=Cc3ccc4c(c3)OCO4)c3ccccc32)cc1. The van der Waals surface area contributed by atoms with Crippen molar-refractivity contribution in [1.29, 1.82) is 0 Å². The van der Waals surface area contributed by atoms with E-state index in [-0.39, 0.29) is 19.0 Å². The molecule has 0 saturated carbocycles. The molecule has 2 aliphatic rings. The van der Waals surface area contributed by atoms with Crippen molar-refractivity contribution in [3.63, 3.8) is 0 Å². The summed E-state index contributed by atoms with van der Waals surface area (Å²) in [6.07, 6.45) is 2.69. The van der Waals surface area contributed by atoms with Crippen molar-refractivity contribution in [2.45, 2.75) is 25.5 Å². The van der Waals surface area contributed by atoms with Crippen LogP contribution in [0, 0.1) is 6.92 Å². The molecular formula is C27H23NO5. The largest absolute Gasteiger partial charge is 0.454 e. The fourth-order valence-corrected chi connectivity index (χ4v) is 4.23. The van der Waals surface area contributed by atoms with E-state index in [1.54, 1.807) is 41.3 Å². The average molecular weight is 441 g/mol. The Balaban J connectivity index is 1.37. The molecule has 3 aromatic carbocycles. The van der Waals surface area contributed by atoms with Gasteiger partial charge in [0, 0.05) is 5.56 Å². The molecule has 0 aromatic heterocycles. The van der Waals surface area contributed by atoms with Crippen molar-refractivity contribution in [3.8, 4) is 11.5 Å². The van der Waals surface area contributed by atoms with Crippen LogP contribution in [0.2, 0.25) is 0 Å². The first-order valence-electron chi connectivity index (χ1n) is 10.7. The fraction of sp³-hybridized carbons (Fsp3) is 0.185. The van der Waals surface area contributed by atoms with Crippen LogP contribution < -0.4 is 14.4 Å². The summed E-state index contributed by atoms with van der Waals surface area (Å²) in [6, 6.07) is 20.3. The van der Waals surface area contributed by atoms with E-state index in [4.69, 9.17) is 9.47 Å². The second-order valence-electron chi connectivity index (χ2n) is 8.34. The third kappa shape index (κ3) is 3.90. The molecule has 166 valence electrons. The first kappa shape index (κ1) is 21.0. The van der Waals surface area contributed by atoms with E-state index in [1.165, 1.54) is 6.08 Å². The molecule has 2 heterocycles. The number of amides is 1. The molecule has 0 saturated heterocycles. The van der Waals surface area contributed by atoms with Gasteiger partial charge in [0.15, 0.2) is 22.9 Å². The summed E-state index contributed by atoms with van der Waals surface area (Å²) in [5, 5.41) is 11.4. The summed E-state index contributed by atoms with van der Waals surface area (Å²) in [6.45, 7) is 2.50. The Labute approximate surface area is 191 Å². The summed E-state index contributed by atoms with van der Waals surface area (Å²) in [7, 11) is 0. The first-order valence-corrected chi connectivity index (χ1v) is 10.7. The molecule has 1 atom stereocenters. The highest BCUT2D eigenvalue weighted by Gasteiger charge is 2.50. The summed E-state index contributed by atoms with van der Waals surface area (Å²) in [4.78, 5) is 27.7.